The van der Waals surface area contributed by atoms with E-state index in [1.807, 2.05) is 24.3 Å². The van der Waals surface area contributed by atoms with Crippen LogP contribution in [0.25, 0.3) is 33.6 Å². The van der Waals surface area contributed by atoms with Crippen LogP contribution in [0.4, 0.5) is 4.39 Å². The number of pyridine rings is 1. The van der Waals surface area contributed by atoms with E-state index in [9.17, 15) is 14.6 Å². The molecular formula is C24H16FNO2. The first-order chi connectivity index (χ1) is 13.6. The van der Waals surface area contributed by atoms with Crippen LogP contribution in [0.3, 0.4) is 0 Å². The van der Waals surface area contributed by atoms with Crippen LogP contribution < -0.4 is 0 Å². The maximum atomic E-state index is 13.4. The Labute approximate surface area is 161 Å². The molecule has 4 heteroatoms. The summed E-state index contributed by atoms with van der Waals surface area (Å²) in [5, 5.41) is 19.5. The highest BCUT2D eigenvalue weighted by Gasteiger charge is 2.25. The number of halogens is 1. The fourth-order valence-corrected chi connectivity index (χ4v) is 3.79. The van der Waals surface area contributed by atoms with Gasteiger partial charge in [0.15, 0.2) is 0 Å². The van der Waals surface area contributed by atoms with Crippen LogP contribution in [0, 0.1) is 5.82 Å². The van der Waals surface area contributed by atoms with Gasteiger partial charge in [-0.2, -0.15) is 0 Å². The lowest BCUT2D eigenvalue weighted by atomic mass is 9.96. The van der Waals surface area contributed by atoms with Gasteiger partial charge in [0.25, 0.3) is 0 Å². The van der Waals surface area contributed by atoms with E-state index >= 15 is 0 Å². The van der Waals surface area contributed by atoms with Crippen molar-refractivity contribution in [1.29, 1.82) is 0 Å². The SMILES string of the molecule is Oc1ccc(-c2cc(-c3ccc(F)cc3)nc3c2Cc2cc(O)ccc2-3)cc1. The molecule has 0 amide bonds. The molecule has 4 aromatic rings. The third-order valence-electron chi connectivity index (χ3n) is 5.15. The number of phenols is 2. The Morgan fingerprint density at radius 3 is 2.14 bits per heavy atom. The summed E-state index contributed by atoms with van der Waals surface area (Å²) in [5.74, 6) is 0.155. The van der Waals surface area contributed by atoms with E-state index in [1.165, 1.54) is 12.1 Å². The van der Waals surface area contributed by atoms with Crippen LogP contribution in [0.1, 0.15) is 11.1 Å². The number of aromatic nitrogens is 1. The predicted molar refractivity (Wildman–Crippen MR) is 107 cm³/mol. The highest BCUT2D eigenvalue weighted by molar-refractivity contribution is 5.86. The second-order valence-corrected chi connectivity index (χ2v) is 6.95. The predicted octanol–water partition coefficient (Wildman–Crippen LogP) is 5.54. The van der Waals surface area contributed by atoms with Gasteiger partial charge in [-0.15, -0.1) is 0 Å². The molecule has 28 heavy (non-hydrogen) atoms. The van der Waals surface area contributed by atoms with Gasteiger partial charge in [0, 0.05) is 17.5 Å². The molecule has 0 aliphatic heterocycles. The second-order valence-electron chi connectivity index (χ2n) is 6.95. The molecule has 0 spiro atoms. The molecular weight excluding hydrogens is 353 g/mol. The smallest absolute Gasteiger partial charge is 0.123 e. The van der Waals surface area contributed by atoms with E-state index in [0.29, 0.717) is 6.42 Å². The van der Waals surface area contributed by atoms with Gasteiger partial charge >= 0.3 is 0 Å². The van der Waals surface area contributed by atoms with E-state index in [0.717, 1.165) is 44.8 Å². The fourth-order valence-electron chi connectivity index (χ4n) is 3.79. The van der Waals surface area contributed by atoms with Gasteiger partial charge in [0.05, 0.1) is 11.4 Å². The van der Waals surface area contributed by atoms with Crippen molar-refractivity contribution in [2.45, 2.75) is 6.42 Å². The zero-order valence-corrected chi connectivity index (χ0v) is 14.9. The number of benzene rings is 3. The molecule has 1 aliphatic rings. The van der Waals surface area contributed by atoms with Gasteiger partial charge in [0.1, 0.15) is 17.3 Å². The minimum Gasteiger partial charge on any atom is -0.508 e. The largest absolute Gasteiger partial charge is 0.508 e. The fraction of sp³-hybridized carbons (Fsp3) is 0.0417. The zero-order chi connectivity index (χ0) is 19.3. The van der Waals surface area contributed by atoms with Crippen LogP contribution in [0.2, 0.25) is 0 Å². The Hall–Kier alpha value is -3.66. The standard InChI is InChI=1S/C24H16FNO2/c25-17-5-1-15(2-6-17)23-13-21(14-3-7-18(27)8-4-14)22-12-16-11-19(28)9-10-20(16)24(22)26-23/h1-11,13,27-28H,12H2. The van der Waals surface area contributed by atoms with Crippen molar-refractivity contribution in [2.24, 2.45) is 0 Å². The lowest BCUT2D eigenvalue weighted by Gasteiger charge is -2.12. The van der Waals surface area contributed by atoms with Crippen LogP contribution in [0.15, 0.2) is 72.8 Å². The average molecular weight is 369 g/mol. The van der Waals surface area contributed by atoms with Crippen molar-refractivity contribution < 1.29 is 14.6 Å². The number of fused-ring (bicyclic) bond motifs is 3. The van der Waals surface area contributed by atoms with Crippen molar-refractivity contribution in [2.75, 3.05) is 0 Å². The first-order valence-electron chi connectivity index (χ1n) is 9.00. The molecule has 0 atom stereocenters. The number of phenolic OH excluding ortho intramolecular Hbond substituents is 2. The summed E-state index contributed by atoms with van der Waals surface area (Å²) in [5.41, 5.74) is 7.55. The molecule has 2 N–H and O–H groups in total. The lowest BCUT2D eigenvalue weighted by molar-refractivity contribution is 0.474. The minimum absolute atomic E-state index is 0.210. The number of rotatable bonds is 2. The summed E-state index contributed by atoms with van der Waals surface area (Å²) < 4.78 is 13.4. The Balaban J connectivity index is 1.76. The molecule has 1 heterocycles. The third kappa shape index (κ3) is 2.70. The van der Waals surface area contributed by atoms with Crippen molar-refractivity contribution in [3.8, 4) is 45.1 Å². The van der Waals surface area contributed by atoms with Crippen molar-refractivity contribution in [3.63, 3.8) is 0 Å². The van der Waals surface area contributed by atoms with Gasteiger partial charge in [-0.25, -0.2) is 9.37 Å². The maximum absolute atomic E-state index is 13.4. The summed E-state index contributed by atoms with van der Waals surface area (Å²) in [4.78, 5) is 4.87. The van der Waals surface area contributed by atoms with Crippen LogP contribution in [-0.4, -0.2) is 15.2 Å². The number of aromatic hydroxyl groups is 2. The molecule has 1 aliphatic carbocycles. The van der Waals surface area contributed by atoms with Gasteiger partial charge in [-0.3, -0.25) is 0 Å². The number of nitrogens with zero attached hydrogens (tertiary/aromatic N) is 1. The summed E-state index contributed by atoms with van der Waals surface area (Å²) >= 11 is 0. The summed E-state index contributed by atoms with van der Waals surface area (Å²) in [6, 6.07) is 20.7. The van der Waals surface area contributed by atoms with E-state index in [4.69, 9.17) is 4.98 Å². The molecule has 0 saturated heterocycles. The third-order valence-corrected chi connectivity index (χ3v) is 5.15. The molecule has 1 aromatic heterocycles. The first kappa shape index (κ1) is 16.5. The zero-order valence-electron chi connectivity index (χ0n) is 14.9. The Kier molecular flexibility index (Phi) is 3.66. The van der Waals surface area contributed by atoms with Gasteiger partial charge in [-0.1, -0.05) is 12.1 Å². The van der Waals surface area contributed by atoms with Gasteiger partial charge < -0.3 is 10.2 Å². The molecule has 3 aromatic carbocycles. The lowest BCUT2D eigenvalue weighted by Crippen LogP contribution is -1.94. The molecule has 3 nitrogen and oxygen atoms in total. The number of hydrogen-bond acceptors (Lipinski definition) is 3. The minimum atomic E-state index is -0.288. The van der Waals surface area contributed by atoms with Crippen molar-refractivity contribution >= 4 is 0 Å². The van der Waals surface area contributed by atoms with Gasteiger partial charge in [0.2, 0.25) is 0 Å². The molecule has 5 rings (SSSR count). The Morgan fingerprint density at radius 1 is 0.714 bits per heavy atom. The van der Waals surface area contributed by atoms with Crippen molar-refractivity contribution in [3.05, 3.63) is 89.7 Å². The Bertz CT molecular complexity index is 1200. The van der Waals surface area contributed by atoms with Crippen LogP contribution in [0.5, 0.6) is 11.5 Å². The summed E-state index contributed by atoms with van der Waals surface area (Å²) in [7, 11) is 0. The second kappa shape index (κ2) is 6.20. The quantitative estimate of drug-likeness (QED) is 0.430. The van der Waals surface area contributed by atoms with E-state index in [-0.39, 0.29) is 17.3 Å². The highest BCUT2D eigenvalue weighted by Crippen LogP contribution is 2.43. The van der Waals surface area contributed by atoms with Crippen LogP contribution >= 0.6 is 0 Å². The molecule has 0 fully saturated rings. The first-order valence-corrected chi connectivity index (χ1v) is 9.00. The molecule has 0 bridgehead atoms. The van der Waals surface area contributed by atoms with E-state index in [2.05, 4.69) is 0 Å². The molecule has 0 saturated carbocycles. The summed E-state index contributed by atoms with van der Waals surface area (Å²) in [6.45, 7) is 0. The molecule has 136 valence electrons. The van der Waals surface area contributed by atoms with Crippen LogP contribution in [-0.2, 0) is 6.42 Å². The number of hydrogen-bond donors (Lipinski definition) is 2. The van der Waals surface area contributed by atoms with Crippen molar-refractivity contribution in [1.82, 2.24) is 4.98 Å². The highest BCUT2D eigenvalue weighted by atomic mass is 19.1. The monoisotopic (exact) mass is 369 g/mol. The topological polar surface area (TPSA) is 53.4 Å². The maximum Gasteiger partial charge on any atom is 0.123 e. The van der Waals surface area contributed by atoms with Gasteiger partial charge in [-0.05, 0) is 82.9 Å². The average Bonchev–Trinajstić information content (AvgIpc) is 3.06. The normalized spacial score (nSPS) is 11.9. The molecule has 0 radical (unpaired) electrons. The van der Waals surface area contributed by atoms with E-state index in [1.54, 1.807) is 36.4 Å². The van der Waals surface area contributed by atoms with E-state index < -0.39 is 0 Å². The Morgan fingerprint density at radius 2 is 1.39 bits per heavy atom. The summed E-state index contributed by atoms with van der Waals surface area (Å²) in [6.07, 6.45) is 0.673. The molecule has 0 unspecified atom stereocenters.